The molecule has 6 heteroatoms. The number of nitrogens with zero attached hydrogens (tertiary/aromatic N) is 3. The second-order valence-electron chi connectivity index (χ2n) is 5.62. The SMILES string of the molecule is CC(C)n1cnc2cc(CNC(=O)c3ccc(Cl)nc3)ccc21. The van der Waals surface area contributed by atoms with Crippen LogP contribution >= 0.6 is 11.6 Å². The number of amides is 1. The number of pyridine rings is 1. The molecule has 0 saturated heterocycles. The Morgan fingerprint density at radius 3 is 2.78 bits per heavy atom. The highest BCUT2D eigenvalue weighted by Crippen LogP contribution is 2.18. The summed E-state index contributed by atoms with van der Waals surface area (Å²) >= 11 is 5.72. The standard InChI is InChI=1S/C17H17ClN4O/c1-11(2)22-10-21-14-7-12(3-5-15(14)22)8-20-17(23)13-4-6-16(18)19-9-13/h3-7,9-11H,8H2,1-2H3,(H,20,23). The van der Waals surface area contributed by atoms with E-state index in [2.05, 4.69) is 33.7 Å². The quantitative estimate of drug-likeness (QED) is 0.744. The highest BCUT2D eigenvalue weighted by Gasteiger charge is 2.08. The van der Waals surface area contributed by atoms with Crippen LogP contribution in [0.3, 0.4) is 0 Å². The molecule has 0 aliphatic carbocycles. The number of hydrogen-bond acceptors (Lipinski definition) is 3. The van der Waals surface area contributed by atoms with E-state index in [1.165, 1.54) is 6.20 Å². The molecule has 3 aromatic rings. The van der Waals surface area contributed by atoms with Crippen molar-refractivity contribution < 1.29 is 4.79 Å². The van der Waals surface area contributed by atoms with Crippen molar-refractivity contribution in [2.24, 2.45) is 0 Å². The monoisotopic (exact) mass is 328 g/mol. The zero-order valence-corrected chi connectivity index (χ0v) is 13.7. The number of carbonyl (C=O) groups is 1. The average molecular weight is 329 g/mol. The molecule has 1 N–H and O–H groups in total. The Bertz CT molecular complexity index is 839. The van der Waals surface area contributed by atoms with Gasteiger partial charge >= 0.3 is 0 Å². The summed E-state index contributed by atoms with van der Waals surface area (Å²) in [5.74, 6) is -0.179. The molecule has 118 valence electrons. The van der Waals surface area contributed by atoms with Gasteiger partial charge in [0.25, 0.3) is 5.91 Å². The van der Waals surface area contributed by atoms with Crippen molar-refractivity contribution in [1.29, 1.82) is 0 Å². The van der Waals surface area contributed by atoms with Crippen LogP contribution in [0.25, 0.3) is 11.0 Å². The third-order valence-corrected chi connectivity index (χ3v) is 3.86. The number of fused-ring (bicyclic) bond motifs is 1. The molecule has 0 aliphatic heterocycles. The number of imidazole rings is 1. The largest absolute Gasteiger partial charge is 0.348 e. The zero-order chi connectivity index (χ0) is 16.4. The van der Waals surface area contributed by atoms with Gasteiger partial charge in [-0.3, -0.25) is 4.79 Å². The molecule has 0 unspecified atom stereocenters. The highest BCUT2D eigenvalue weighted by atomic mass is 35.5. The molecule has 23 heavy (non-hydrogen) atoms. The highest BCUT2D eigenvalue weighted by molar-refractivity contribution is 6.29. The van der Waals surface area contributed by atoms with Crippen LogP contribution in [0.2, 0.25) is 5.15 Å². The summed E-state index contributed by atoms with van der Waals surface area (Å²) < 4.78 is 2.12. The summed E-state index contributed by atoms with van der Waals surface area (Å²) in [5.41, 5.74) is 3.51. The van der Waals surface area contributed by atoms with E-state index in [1.54, 1.807) is 12.1 Å². The molecule has 0 aliphatic rings. The fourth-order valence-corrected chi connectivity index (χ4v) is 2.51. The lowest BCUT2D eigenvalue weighted by atomic mass is 10.2. The molecule has 0 atom stereocenters. The lowest BCUT2D eigenvalue weighted by Gasteiger charge is -2.09. The summed E-state index contributed by atoms with van der Waals surface area (Å²) in [6, 6.07) is 9.65. The average Bonchev–Trinajstić information content (AvgIpc) is 2.96. The summed E-state index contributed by atoms with van der Waals surface area (Å²) in [4.78, 5) is 20.4. The Labute approximate surface area is 139 Å². The Hall–Kier alpha value is -2.40. The van der Waals surface area contributed by atoms with Crippen molar-refractivity contribution in [3.63, 3.8) is 0 Å². The van der Waals surface area contributed by atoms with Gasteiger partial charge in [0.2, 0.25) is 0 Å². The van der Waals surface area contributed by atoms with Gasteiger partial charge in [0, 0.05) is 18.8 Å². The summed E-state index contributed by atoms with van der Waals surface area (Å²) in [6.07, 6.45) is 3.31. The molecule has 1 amide bonds. The first kappa shape index (κ1) is 15.5. The minimum atomic E-state index is -0.179. The normalized spacial score (nSPS) is 11.1. The number of aromatic nitrogens is 3. The molecule has 0 radical (unpaired) electrons. The summed E-state index contributed by atoms with van der Waals surface area (Å²) in [5, 5.41) is 3.24. The van der Waals surface area contributed by atoms with Crippen molar-refractivity contribution in [3.8, 4) is 0 Å². The zero-order valence-electron chi connectivity index (χ0n) is 13.0. The van der Waals surface area contributed by atoms with Crippen LogP contribution in [0.15, 0.2) is 42.9 Å². The van der Waals surface area contributed by atoms with E-state index >= 15 is 0 Å². The second-order valence-corrected chi connectivity index (χ2v) is 6.01. The number of rotatable bonds is 4. The maximum atomic E-state index is 12.1. The topological polar surface area (TPSA) is 59.8 Å². The van der Waals surface area contributed by atoms with E-state index in [0.29, 0.717) is 23.3 Å². The third-order valence-electron chi connectivity index (χ3n) is 3.64. The molecule has 0 spiro atoms. The molecule has 0 saturated carbocycles. The van der Waals surface area contributed by atoms with Gasteiger partial charge in [-0.25, -0.2) is 9.97 Å². The minimum absolute atomic E-state index is 0.179. The minimum Gasteiger partial charge on any atom is -0.348 e. The number of carbonyl (C=O) groups excluding carboxylic acids is 1. The van der Waals surface area contributed by atoms with Crippen molar-refractivity contribution in [1.82, 2.24) is 19.9 Å². The van der Waals surface area contributed by atoms with E-state index in [-0.39, 0.29) is 5.91 Å². The number of benzene rings is 1. The first-order chi connectivity index (χ1) is 11.0. The molecule has 0 fully saturated rings. The van der Waals surface area contributed by atoms with Gasteiger partial charge in [0.05, 0.1) is 22.9 Å². The first-order valence-corrected chi connectivity index (χ1v) is 7.77. The Morgan fingerprint density at radius 2 is 2.09 bits per heavy atom. The van der Waals surface area contributed by atoms with Crippen LogP contribution < -0.4 is 5.32 Å². The van der Waals surface area contributed by atoms with Gasteiger partial charge < -0.3 is 9.88 Å². The molecule has 0 bridgehead atoms. The van der Waals surface area contributed by atoms with Crippen molar-refractivity contribution in [3.05, 3.63) is 59.1 Å². The Morgan fingerprint density at radius 1 is 1.26 bits per heavy atom. The van der Waals surface area contributed by atoms with Gasteiger partial charge in [-0.15, -0.1) is 0 Å². The fraction of sp³-hybridized carbons (Fsp3) is 0.235. The van der Waals surface area contributed by atoms with Crippen molar-refractivity contribution in [2.75, 3.05) is 0 Å². The lowest BCUT2D eigenvalue weighted by Crippen LogP contribution is -2.22. The van der Waals surface area contributed by atoms with Crippen molar-refractivity contribution >= 4 is 28.5 Å². The van der Waals surface area contributed by atoms with Gasteiger partial charge in [-0.1, -0.05) is 17.7 Å². The van der Waals surface area contributed by atoms with Crippen LogP contribution in [-0.4, -0.2) is 20.4 Å². The number of nitrogens with one attached hydrogen (secondary N) is 1. The smallest absolute Gasteiger partial charge is 0.253 e. The predicted molar refractivity (Wildman–Crippen MR) is 90.5 cm³/mol. The molecule has 5 nitrogen and oxygen atoms in total. The Balaban J connectivity index is 1.72. The maximum Gasteiger partial charge on any atom is 0.253 e. The lowest BCUT2D eigenvalue weighted by molar-refractivity contribution is 0.0950. The molecular weight excluding hydrogens is 312 g/mol. The molecular formula is C17H17ClN4O. The van der Waals surface area contributed by atoms with E-state index < -0.39 is 0 Å². The summed E-state index contributed by atoms with van der Waals surface area (Å²) in [6.45, 7) is 4.68. The van der Waals surface area contributed by atoms with Gasteiger partial charge in [-0.2, -0.15) is 0 Å². The third kappa shape index (κ3) is 3.35. The molecule has 3 rings (SSSR count). The van der Waals surface area contributed by atoms with E-state index in [0.717, 1.165) is 16.6 Å². The number of halogens is 1. The van der Waals surface area contributed by atoms with E-state index in [4.69, 9.17) is 11.6 Å². The first-order valence-electron chi connectivity index (χ1n) is 7.40. The van der Waals surface area contributed by atoms with Gasteiger partial charge in [0.15, 0.2) is 0 Å². The second kappa shape index (κ2) is 6.38. The van der Waals surface area contributed by atoms with E-state index in [1.807, 2.05) is 24.5 Å². The van der Waals surface area contributed by atoms with Crippen LogP contribution in [0.1, 0.15) is 35.8 Å². The van der Waals surface area contributed by atoms with Crippen LogP contribution in [0.4, 0.5) is 0 Å². The Kier molecular flexibility index (Phi) is 4.30. The van der Waals surface area contributed by atoms with E-state index in [9.17, 15) is 4.79 Å². The van der Waals surface area contributed by atoms with Crippen LogP contribution in [-0.2, 0) is 6.54 Å². The van der Waals surface area contributed by atoms with Crippen LogP contribution in [0, 0.1) is 0 Å². The summed E-state index contributed by atoms with van der Waals surface area (Å²) in [7, 11) is 0. The van der Waals surface area contributed by atoms with Gasteiger partial charge in [0.1, 0.15) is 5.15 Å². The molecule has 2 aromatic heterocycles. The van der Waals surface area contributed by atoms with Crippen LogP contribution in [0.5, 0.6) is 0 Å². The maximum absolute atomic E-state index is 12.1. The molecule has 1 aromatic carbocycles. The number of hydrogen-bond donors (Lipinski definition) is 1. The molecule has 2 heterocycles. The van der Waals surface area contributed by atoms with Gasteiger partial charge in [-0.05, 0) is 43.7 Å². The predicted octanol–water partition coefficient (Wildman–Crippen LogP) is 3.60. The fourth-order valence-electron chi connectivity index (χ4n) is 2.39. The van der Waals surface area contributed by atoms with Crippen molar-refractivity contribution in [2.45, 2.75) is 26.4 Å².